The Balaban J connectivity index is 2.62. The highest BCUT2D eigenvalue weighted by Gasteiger charge is 2.32. The number of aliphatic hydroxyl groups excluding tert-OH is 1. The number of carbonyl (C=O) groups is 1. The minimum atomic E-state index is -1.46. The van der Waals surface area contributed by atoms with E-state index in [9.17, 15) is 9.90 Å². The van der Waals surface area contributed by atoms with Crippen molar-refractivity contribution in [3.63, 3.8) is 0 Å². The van der Waals surface area contributed by atoms with Gasteiger partial charge in [-0.15, -0.1) is 0 Å². The van der Waals surface area contributed by atoms with E-state index in [1.165, 1.54) is 12.1 Å². The maximum absolute atomic E-state index is 11.1. The summed E-state index contributed by atoms with van der Waals surface area (Å²) in [4.78, 5) is 11.1. The molecule has 4 heteroatoms. The standard InChI is InChI=1S/C8H6O4/c9-4-2-1-3-5-6(4)7(10)8(11)12-5/h1-3,8-9,11H. The lowest BCUT2D eigenvalue weighted by molar-refractivity contribution is 0.00864. The van der Waals surface area contributed by atoms with Crippen LogP contribution in [0.5, 0.6) is 11.5 Å². The molecule has 0 saturated heterocycles. The van der Waals surface area contributed by atoms with Gasteiger partial charge in [0, 0.05) is 0 Å². The molecule has 1 unspecified atom stereocenters. The number of aromatic hydroxyl groups is 1. The molecule has 1 aliphatic heterocycles. The fourth-order valence-electron chi connectivity index (χ4n) is 1.16. The van der Waals surface area contributed by atoms with Gasteiger partial charge >= 0.3 is 0 Å². The molecule has 0 spiro atoms. The monoisotopic (exact) mass is 166 g/mol. The van der Waals surface area contributed by atoms with Gasteiger partial charge in [-0.3, -0.25) is 4.79 Å². The number of benzene rings is 1. The first-order valence-electron chi connectivity index (χ1n) is 3.41. The number of aliphatic hydroxyl groups is 1. The van der Waals surface area contributed by atoms with E-state index in [1.54, 1.807) is 6.07 Å². The summed E-state index contributed by atoms with van der Waals surface area (Å²) >= 11 is 0. The molecule has 1 aromatic carbocycles. The molecule has 1 aliphatic rings. The topological polar surface area (TPSA) is 66.8 Å². The maximum atomic E-state index is 11.1. The molecular formula is C8H6O4. The number of carbonyl (C=O) groups excluding carboxylic acids is 1. The van der Waals surface area contributed by atoms with E-state index in [4.69, 9.17) is 9.84 Å². The number of rotatable bonds is 0. The predicted octanol–water partition coefficient (Wildman–Crippen LogP) is 0.286. The molecule has 4 nitrogen and oxygen atoms in total. The molecule has 0 bridgehead atoms. The summed E-state index contributed by atoms with van der Waals surface area (Å²) < 4.78 is 4.75. The summed E-state index contributed by atoms with van der Waals surface area (Å²) in [5, 5.41) is 18.2. The highest BCUT2D eigenvalue weighted by atomic mass is 16.6. The van der Waals surface area contributed by atoms with Gasteiger partial charge in [0.1, 0.15) is 17.1 Å². The first kappa shape index (κ1) is 7.12. The van der Waals surface area contributed by atoms with E-state index in [-0.39, 0.29) is 17.1 Å². The zero-order chi connectivity index (χ0) is 8.72. The summed E-state index contributed by atoms with van der Waals surface area (Å²) in [5.41, 5.74) is 0.0602. The van der Waals surface area contributed by atoms with Crippen LogP contribution in [0.25, 0.3) is 0 Å². The van der Waals surface area contributed by atoms with Crippen molar-refractivity contribution in [2.75, 3.05) is 0 Å². The average Bonchev–Trinajstić information content (AvgIpc) is 2.29. The highest BCUT2D eigenvalue weighted by molar-refractivity contribution is 6.05. The lowest BCUT2D eigenvalue weighted by atomic mass is 10.1. The lowest BCUT2D eigenvalue weighted by Gasteiger charge is -1.98. The molecule has 1 atom stereocenters. The second-order valence-corrected chi connectivity index (χ2v) is 2.48. The summed E-state index contributed by atoms with van der Waals surface area (Å²) in [5.74, 6) is -0.523. The molecule has 12 heavy (non-hydrogen) atoms. The first-order chi connectivity index (χ1) is 5.70. The van der Waals surface area contributed by atoms with Crippen LogP contribution >= 0.6 is 0 Å². The van der Waals surface area contributed by atoms with E-state index in [0.717, 1.165) is 0 Å². The largest absolute Gasteiger partial charge is 0.507 e. The molecule has 2 N–H and O–H groups in total. The molecule has 0 aromatic heterocycles. The molecule has 0 fully saturated rings. The van der Waals surface area contributed by atoms with Crippen LogP contribution in [0.3, 0.4) is 0 Å². The predicted molar refractivity (Wildman–Crippen MR) is 39.1 cm³/mol. The Morgan fingerprint density at radius 1 is 1.42 bits per heavy atom. The van der Waals surface area contributed by atoms with E-state index in [0.29, 0.717) is 0 Å². The molecule has 0 amide bonds. The number of phenolic OH excluding ortho intramolecular Hbond substituents is 1. The van der Waals surface area contributed by atoms with Crippen molar-refractivity contribution in [2.24, 2.45) is 0 Å². The molecule has 0 aliphatic carbocycles. The summed E-state index contributed by atoms with van der Waals surface area (Å²) in [6.45, 7) is 0. The maximum Gasteiger partial charge on any atom is 0.262 e. The molecule has 62 valence electrons. The van der Waals surface area contributed by atoms with Crippen molar-refractivity contribution >= 4 is 5.78 Å². The molecule has 2 rings (SSSR count). The van der Waals surface area contributed by atoms with Crippen LogP contribution in [0.2, 0.25) is 0 Å². The Labute approximate surface area is 68.0 Å². The van der Waals surface area contributed by atoms with Crippen molar-refractivity contribution in [3.05, 3.63) is 23.8 Å². The van der Waals surface area contributed by atoms with Crippen LogP contribution in [-0.2, 0) is 0 Å². The number of Topliss-reactive ketones (excluding diaryl/α,β-unsaturated/α-hetero) is 1. The molecule has 0 saturated carbocycles. The molecule has 1 aromatic rings. The fourth-order valence-corrected chi connectivity index (χ4v) is 1.16. The number of phenols is 1. The van der Waals surface area contributed by atoms with Crippen LogP contribution in [0.15, 0.2) is 18.2 Å². The third-order valence-corrected chi connectivity index (χ3v) is 1.71. The van der Waals surface area contributed by atoms with Gasteiger partial charge in [-0.2, -0.15) is 0 Å². The van der Waals surface area contributed by atoms with Gasteiger partial charge in [0.25, 0.3) is 6.29 Å². The Kier molecular flexibility index (Phi) is 1.31. The molecule has 1 heterocycles. The van der Waals surface area contributed by atoms with Crippen molar-refractivity contribution in [1.82, 2.24) is 0 Å². The lowest BCUT2D eigenvalue weighted by Crippen LogP contribution is -2.18. The minimum absolute atomic E-state index is 0.0602. The zero-order valence-electron chi connectivity index (χ0n) is 6.02. The third kappa shape index (κ3) is 0.785. The smallest absolute Gasteiger partial charge is 0.262 e. The minimum Gasteiger partial charge on any atom is -0.507 e. The van der Waals surface area contributed by atoms with Crippen molar-refractivity contribution in [2.45, 2.75) is 6.29 Å². The van der Waals surface area contributed by atoms with Crippen molar-refractivity contribution < 1.29 is 19.7 Å². The summed E-state index contributed by atoms with van der Waals surface area (Å²) in [6, 6.07) is 4.43. The van der Waals surface area contributed by atoms with Gasteiger partial charge in [0.05, 0.1) is 0 Å². The van der Waals surface area contributed by atoms with Crippen LogP contribution < -0.4 is 4.74 Å². The van der Waals surface area contributed by atoms with Gasteiger partial charge in [0.2, 0.25) is 5.78 Å². The van der Waals surface area contributed by atoms with E-state index in [1.807, 2.05) is 0 Å². The molecular weight excluding hydrogens is 160 g/mol. The van der Waals surface area contributed by atoms with E-state index < -0.39 is 12.1 Å². The van der Waals surface area contributed by atoms with Crippen LogP contribution in [-0.4, -0.2) is 22.3 Å². The normalized spacial score (nSPS) is 20.4. The second-order valence-electron chi connectivity index (χ2n) is 2.48. The van der Waals surface area contributed by atoms with E-state index >= 15 is 0 Å². The quantitative estimate of drug-likeness (QED) is 0.581. The number of ether oxygens (including phenoxy) is 1. The van der Waals surface area contributed by atoms with Crippen LogP contribution in [0.1, 0.15) is 10.4 Å². The Morgan fingerprint density at radius 2 is 2.17 bits per heavy atom. The molecule has 0 radical (unpaired) electrons. The SMILES string of the molecule is O=C1c2c(O)cccc2OC1O. The summed E-state index contributed by atoms with van der Waals surface area (Å²) in [7, 11) is 0. The van der Waals surface area contributed by atoms with Gasteiger partial charge in [-0.05, 0) is 12.1 Å². The number of hydrogen-bond acceptors (Lipinski definition) is 4. The number of ketones is 1. The average molecular weight is 166 g/mol. The van der Waals surface area contributed by atoms with Crippen LogP contribution in [0, 0.1) is 0 Å². The fraction of sp³-hybridized carbons (Fsp3) is 0.125. The van der Waals surface area contributed by atoms with Crippen LogP contribution in [0.4, 0.5) is 0 Å². The Morgan fingerprint density at radius 3 is 2.83 bits per heavy atom. The van der Waals surface area contributed by atoms with Crippen molar-refractivity contribution in [3.8, 4) is 11.5 Å². The van der Waals surface area contributed by atoms with Gasteiger partial charge in [-0.1, -0.05) is 6.07 Å². The van der Waals surface area contributed by atoms with Gasteiger partial charge in [-0.25, -0.2) is 0 Å². The Hall–Kier alpha value is -1.55. The second kappa shape index (κ2) is 2.22. The summed E-state index contributed by atoms with van der Waals surface area (Å²) in [6.07, 6.45) is -1.46. The zero-order valence-corrected chi connectivity index (χ0v) is 6.02. The van der Waals surface area contributed by atoms with Crippen molar-refractivity contribution in [1.29, 1.82) is 0 Å². The van der Waals surface area contributed by atoms with E-state index in [2.05, 4.69) is 0 Å². The van der Waals surface area contributed by atoms with Gasteiger partial charge in [0.15, 0.2) is 0 Å². The Bertz CT molecular complexity index is 345. The highest BCUT2D eigenvalue weighted by Crippen LogP contribution is 2.34. The first-order valence-corrected chi connectivity index (χ1v) is 3.41. The van der Waals surface area contributed by atoms with Gasteiger partial charge < -0.3 is 14.9 Å². The number of hydrogen-bond donors (Lipinski definition) is 2. The third-order valence-electron chi connectivity index (χ3n) is 1.71. The number of fused-ring (bicyclic) bond motifs is 1.